The first-order valence-corrected chi connectivity index (χ1v) is 6.89. The molecule has 1 aliphatic heterocycles. The number of benzene rings is 1. The lowest BCUT2D eigenvalue weighted by atomic mass is 10.1. The summed E-state index contributed by atoms with van der Waals surface area (Å²) in [6.07, 6.45) is 0.762. The van der Waals surface area contributed by atoms with Gasteiger partial charge >= 0.3 is 0 Å². The Balaban J connectivity index is 2.09. The summed E-state index contributed by atoms with van der Waals surface area (Å²) in [6.45, 7) is 3.74. The molecule has 21 heavy (non-hydrogen) atoms. The molecule has 2 N–H and O–H groups in total. The molecule has 0 unspecified atom stereocenters. The number of nitrogens with two attached hydrogens (primary N) is 1. The Morgan fingerprint density at radius 3 is 2.38 bits per heavy atom. The molecule has 1 saturated heterocycles. The number of rotatable bonds is 3. The monoisotopic (exact) mass is 301 g/mol. The first-order valence-electron chi connectivity index (χ1n) is 6.89. The van der Waals surface area contributed by atoms with Crippen molar-refractivity contribution in [1.82, 2.24) is 9.80 Å². The van der Waals surface area contributed by atoms with Crippen LogP contribution >= 0.6 is 0 Å². The molecule has 1 aliphatic rings. The first kappa shape index (κ1) is 15.8. The summed E-state index contributed by atoms with van der Waals surface area (Å²) in [5.74, 6) is -4.74. The Morgan fingerprint density at radius 2 is 1.76 bits per heavy atom. The van der Waals surface area contributed by atoms with Crippen molar-refractivity contribution < 1.29 is 18.0 Å². The number of carbonyl (C=O) groups is 1. The summed E-state index contributed by atoms with van der Waals surface area (Å²) in [4.78, 5) is 15.9. The van der Waals surface area contributed by atoms with Crippen LogP contribution in [0.1, 0.15) is 16.8 Å². The van der Waals surface area contributed by atoms with Crippen molar-refractivity contribution in [3.8, 4) is 0 Å². The maximum absolute atomic E-state index is 13.2. The number of hydrogen-bond acceptors (Lipinski definition) is 3. The van der Waals surface area contributed by atoms with Crippen molar-refractivity contribution in [2.24, 2.45) is 5.73 Å². The standard InChI is InChI=1S/C14H18F3N3O/c15-11-8-10(9-12(16)13(11)17)14(21)20-4-1-3-19(5-2-18)6-7-20/h8-9H,1-7,18H2. The van der Waals surface area contributed by atoms with Crippen LogP contribution in [0.2, 0.25) is 0 Å². The maximum Gasteiger partial charge on any atom is 0.254 e. The van der Waals surface area contributed by atoms with Crippen molar-refractivity contribution in [1.29, 1.82) is 0 Å². The first-order chi connectivity index (χ1) is 10.0. The van der Waals surface area contributed by atoms with E-state index in [0.29, 0.717) is 26.2 Å². The summed E-state index contributed by atoms with van der Waals surface area (Å²) in [7, 11) is 0. The lowest BCUT2D eigenvalue weighted by molar-refractivity contribution is 0.0760. The van der Waals surface area contributed by atoms with E-state index < -0.39 is 23.4 Å². The van der Waals surface area contributed by atoms with Crippen LogP contribution in [0.4, 0.5) is 13.2 Å². The summed E-state index contributed by atoms with van der Waals surface area (Å²) >= 11 is 0. The van der Waals surface area contributed by atoms with Crippen molar-refractivity contribution >= 4 is 5.91 Å². The van der Waals surface area contributed by atoms with E-state index in [4.69, 9.17) is 5.73 Å². The van der Waals surface area contributed by atoms with Crippen molar-refractivity contribution in [2.75, 3.05) is 39.3 Å². The zero-order chi connectivity index (χ0) is 15.4. The van der Waals surface area contributed by atoms with E-state index in [1.165, 1.54) is 4.90 Å². The second-order valence-electron chi connectivity index (χ2n) is 5.03. The normalized spacial score (nSPS) is 16.9. The molecule has 1 aromatic rings. The second kappa shape index (κ2) is 6.91. The number of nitrogens with zero attached hydrogens (tertiary/aromatic N) is 2. The fourth-order valence-corrected chi connectivity index (χ4v) is 2.44. The van der Waals surface area contributed by atoms with Gasteiger partial charge in [-0.25, -0.2) is 13.2 Å². The Hall–Kier alpha value is -1.60. The average molecular weight is 301 g/mol. The van der Waals surface area contributed by atoms with Crippen LogP contribution in [-0.4, -0.2) is 55.0 Å². The molecule has 7 heteroatoms. The van der Waals surface area contributed by atoms with Gasteiger partial charge in [-0.2, -0.15) is 0 Å². The number of carbonyl (C=O) groups excluding carboxylic acids is 1. The number of hydrogen-bond donors (Lipinski definition) is 1. The Morgan fingerprint density at radius 1 is 1.10 bits per heavy atom. The molecule has 0 aromatic heterocycles. The fourth-order valence-electron chi connectivity index (χ4n) is 2.44. The molecule has 0 saturated carbocycles. The van der Waals surface area contributed by atoms with Crippen molar-refractivity contribution in [2.45, 2.75) is 6.42 Å². The van der Waals surface area contributed by atoms with Crippen molar-refractivity contribution in [3.05, 3.63) is 35.1 Å². The largest absolute Gasteiger partial charge is 0.337 e. The Kier molecular flexibility index (Phi) is 5.19. The third-order valence-electron chi connectivity index (χ3n) is 3.55. The minimum Gasteiger partial charge on any atom is -0.337 e. The fraction of sp³-hybridized carbons (Fsp3) is 0.500. The van der Waals surface area contributed by atoms with Crippen LogP contribution in [0.25, 0.3) is 0 Å². The number of halogens is 3. The highest BCUT2D eigenvalue weighted by Crippen LogP contribution is 2.16. The molecule has 116 valence electrons. The van der Waals surface area contributed by atoms with E-state index >= 15 is 0 Å². The van der Waals surface area contributed by atoms with Gasteiger partial charge in [0.2, 0.25) is 0 Å². The van der Waals surface area contributed by atoms with Crippen LogP contribution in [0.5, 0.6) is 0 Å². The third-order valence-corrected chi connectivity index (χ3v) is 3.55. The molecule has 0 atom stereocenters. The van der Waals surface area contributed by atoms with Crippen LogP contribution in [0.15, 0.2) is 12.1 Å². The molecule has 1 amide bonds. The van der Waals surface area contributed by atoms with Crippen LogP contribution < -0.4 is 5.73 Å². The predicted molar refractivity (Wildman–Crippen MR) is 72.3 cm³/mol. The SMILES string of the molecule is NCCN1CCCN(C(=O)c2cc(F)c(F)c(F)c2)CC1. The molecule has 1 aromatic carbocycles. The zero-order valence-electron chi connectivity index (χ0n) is 11.6. The van der Waals surface area contributed by atoms with E-state index in [-0.39, 0.29) is 5.56 Å². The van der Waals surface area contributed by atoms with Gasteiger partial charge in [-0.3, -0.25) is 4.79 Å². The molecule has 0 radical (unpaired) electrons. The summed E-state index contributed by atoms with van der Waals surface area (Å²) in [5.41, 5.74) is 5.33. The van der Waals surface area contributed by atoms with Crippen molar-refractivity contribution in [3.63, 3.8) is 0 Å². The third kappa shape index (κ3) is 3.74. The zero-order valence-corrected chi connectivity index (χ0v) is 11.6. The number of amides is 1. The van der Waals surface area contributed by atoms with E-state index in [9.17, 15) is 18.0 Å². The van der Waals surface area contributed by atoms with Crippen LogP contribution in [0, 0.1) is 17.5 Å². The summed E-state index contributed by atoms with van der Waals surface area (Å²) in [6, 6.07) is 1.48. The Labute approximate surface area is 121 Å². The molecule has 2 rings (SSSR count). The van der Waals surface area contributed by atoms with E-state index in [1.54, 1.807) is 0 Å². The van der Waals surface area contributed by atoms with Gasteiger partial charge in [-0.05, 0) is 25.1 Å². The van der Waals surface area contributed by atoms with Gasteiger partial charge in [0.15, 0.2) is 17.5 Å². The molecular formula is C14H18F3N3O. The lowest BCUT2D eigenvalue weighted by Crippen LogP contribution is -2.36. The topological polar surface area (TPSA) is 49.6 Å². The average Bonchev–Trinajstić information content (AvgIpc) is 2.69. The molecule has 0 spiro atoms. The smallest absolute Gasteiger partial charge is 0.254 e. The van der Waals surface area contributed by atoms with Gasteiger partial charge in [-0.15, -0.1) is 0 Å². The highest BCUT2D eigenvalue weighted by atomic mass is 19.2. The van der Waals surface area contributed by atoms with Gasteiger partial charge in [0, 0.05) is 38.3 Å². The van der Waals surface area contributed by atoms with E-state index in [1.807, 2.05) is 0 Å². The summed E-state index contributed by atoms with van der Waals surface area (Å²) in [5, 5.41) is 0. The van der Waals surface area contributed by atoms with Gasteiger partial charge < -0.3 is 15.5 Å². The minimum atomic E-state index is -1.56. The summed E-state index contributed by atoms with van der Waals surface area (Å²) < 4.78 is 39.3. The lowest BCUT2D eigenvalue weighted by Gasteiger charge is -2.21. The Bertz CT molecular complexity index is 501. The van der Waals surface area contributed by atoms with E-state index in [2.05, 4.69) is 4.90 Å². The predicted octanol–water partition coefficient (Wildman–Crippen LogP) is 1.21. The van der Waals surface area contributed by atoms with Gasteiger partial charge in [-0.1, -0.05) is 0 Å². The molecular weight excluding hydrogens is 283 g/mol. The highest BCUT2D eigenvalue weighted by Gasteiger charge is 2.22. The molecule has 4 nitrogen and oxygen atoms in total. The molecule has 1 heterocycles. The minimum absolute atomic E-state index is 0.168. The molecule has 0 aliphatic carbocycles. The van der Waals surface area contributed by atoms with Gasteiger partial charge in [0.25, 0.3) is 5.91 Å². The van der Waals surface area contributed by atoms with Gasteiger partial charge in [0.05, 0.1) is 0 Å². The maximum atomic E-state index is 13.2. The van der Waals surface area contributed by atoms with Gasteiger partial charge in [0.1, 0.15) is 0 Å². The van der Waals surface area contributed by atoms with Crippen LogP contribution in [-0.2, 0) is 0 Å². The molecule has 0 bridgehead atoms. The van der Waals surface area contributed by atoms with Crippen LogP contribution in [0.3, 0.4) is 0 Å². The molecule has 1 fully saturated rings. The second-order valence-corrected chi connectivity index (χ2v) is 5.03. The highest BCUT2D eigenvalue weighted by molar-refractivity contribution is 5.94. The quantitative estimate of drug-likeness (QED) is 0.854. The van der Waals surface area contributed by atoms with E-state index in [0.717, 1.165) is 31.6 Å².